The number of rotatable bonds is 4. The fraction of sp³-hybridized carbons (Fsp3) is 1.00. The molecular formula is C9H22N2. The highest BCUT2D eigenvalue weighted by Gasteiger charge is 2.21. The molecule has 0 spiro atoms. The molecular weight excluding hydrogens is 136 g/mol. The second-order valence-corrected chi connectivity index (χ2v) is 4.04. The molecule has 0 fully saturated rings. The van der Waals surface area contributed by atoms with Crippen LogP contribution in [-0.2, 0) is 0 Å². The molecule has 2 atom stereocenters. The number of hydrazine groups is 1. The minimum Gasteiger partial charge on any atom is -0.271 e. The molecule has 11 heavy (non-hydrogen) atoms. The van der Waals surface area contributed by atoms with E-state index < -0.39 is 0 Å². The summed E-state index contributed by atoms with van der Waals surface area (Å²) in [5.41, 5.74) is 2.88. The summed E-state index contributed by atoms with van der Waals surface area (Å²) in [7, 11) is 0. The topological polar surface area (TPSA) is 38.0 Å². The predicted octanol–water partition coefficient (Wildman–Crippen LogP) is 1.77. The van der Waals surface area contributed by atoms with Crippen molar-refractivity contribution in [3.8, 4) is 0 Å². The largest absolute Gasteiger partial charge is 0.271 e. The van der Waals surface area contributed by atoms with Gasteiger partial charge >= 0.3 is 0 Å². The minimum absolute atomic E-state index is 0.440. The second-order valence-electron chi connectivity index (χ2n) is 4.04. The summed E-state index contributed by atoms with van der Waals surface area (Å²) in [6.07, 6.45) is 0. The highest BCUT2D eigenvalue weighted by atomic mass is 15.2. The van der Waals surface area contributed by atoms with Gasteiger partial charge in [-0.15, -0.1) is 0 Å². The van der Waals surface area contributed by atoms with Gasteiger partial charge in [-0.3, -0.25) is 11.3 Å². The quantitative estimate of drug-likeness (QED) is 0.483. The van der Waals surface area contributed by atoms with Crippen molar-refractivity contribution in [3.63, 3.8) is 0 Å². The molecule has 2 heteroatoms. The molecule has 0 aromatic rings. The van der Waals surface area contributed by atoms with Gasteiger partial charge in [0.15, 0.2) is 0 Å². The molecule has 68 valence electrons. The molecule has 0 aliphatic rings. The van der Waals surface area contributed by atoms with E-state index in [-0.39, 0.29) is 0 Å². The molecule has 2 unspecified atom stereocenters. The summed E-state index contributed by atoms with van der Waals surface area (Å²) in [4.78, 5) is 0. The van der Waals surface area contributed by atoms with Crippen LogP contribution >= 0.6 is 0 Å². The Kier molecular flexibility index (Phi) is 4.69. The Morgan fingerprint density at radius 2 is 1.36 bits per heavy atom. The number of hydrogen-bond acceptors (Lipinski definition) is 2. The normalized spacial score (nSPS) is 17.5. The van der Waals surface area contributed by atoms with Gasteiger partial charge in [0, 0.05) is 6.04 Å². The first-order valence-electron chi connectivity index (χ1n) is 4.46. The average molecular weight is 158 g/mol. The van der Waals surface area contributed by atoms with Crippen LogP contribution in [0.1, 0.15) is 34.6 Å². The Labute approximate surface area is 70.5 Å². The summed E-state index contributed by atoms with van der Waals surface area (Å²) in [6, 6.07) is 0.440. The molecule has 0 aliphatic carbocycles. The van der Waals surface area contributed by atoms with Crippen LogP contribution in [0.4, 0.5) is 0 Å². The molecule has 0 saturated carbocycles. The maximum atomic E-state index is 5.46. The monoisotopic (exact) mass is 158 g/mol. The average Bonchev–Trinajstić information content (AvgIpc) is 1.88. The summed E-state index contributed by atoms with van der Waals surface area (Å²) in [5.74, 6) is 7.40. The van der Waals surface area contributed by atoms with Crippen LogP contribution in [-0.4, -0.2) is 6.04 Å². The zero-order valence-electron chi connectivity index (χ0n) is 8.39. The predicted molar refractivity (Wildman–Crippen MR) is 50.0 cm³/mol. The van der Waals surface area contributed by atoms with Crippen molar-refractivity contribution in [1.82, 2.24) is 5.43 Å². The van der Waals surface area contributed by atoms with Gasteiger partial charge in [-0.25, -0.2) is 0 Å². The van der Waals surface area contributed by atoms with Gasteiger partial charge in [-0.2, -0.15) is 0 Å². The van der Waals surface area contributed by atoms with Gasteiger partial charge < -0.3 is 0 Å². The first-order valence-corrected chi connectivity index (χ1v) is 4.46. The van der Waals surface area contributed by atoms with E-state index >= 15 is 0 Å². The van der Waals surface area contributed by atoms with E-state index in [1.165, 1.54) is 0 Å². The van der Waals surface area contributed by atoms with Crippen molar-refractivity contribution in [2.75, 3.05) is 0 Å². The zero-order chi connectivity index (χ0) is 9.02. The number of hydrogen-bond donors (Lipinski definition) is 2. The van der Waals surface area contributed by atoms with Crippen LogP contribution in [0.3, 0.4) is 0 Å². The summed E-state index contributed by atoms with van der Waals surface area (Å²) >= 11 is 0. The Hall–Kier alpha value is -0.0800. The molecule has 3 N–H and O–H groups in total. The smallest absolute Gasteiger partial charge is 0.0261 e. The Morgan fingerprint density at radius 1 is 0.909 bits per heavy atom. The summed E-state index contributed by atoms with van der Waals surface area (Å²) in [5, 5.41) is 0. The van der Waals surface area contributed by atoms with Gasteiger partial charge in [-0.05, 0) is 17.8 Å². The Bertz CT molecular complexity index is 99.7. The van der Waals surface area contributed by atoms with Crippen molar-refractivity contribution in [2.24, 2.45) is 23.6 Å². The van der Waals surface area contributed by atoms with E-state index in [4.69, 9.17) is 5.84 Å². The van der Waals surface area contributed by atoms with E-state index in [9.17, 15) is 0 Å². The fourth-order valence-corrected chi connectivity index (χ4v) is 1.37. The molecule has 0 bridgehead atoms. The maximum Gasteiger partial charge on any atom is 0.0261 e. The third-order valence-electron chi connectivity index (χ3n) is 2.53. The SMILES string of the molecule is CC(C)C(C)C(NN)C(C)C. The second kappa shape index (κ2) is 4.73. The first-order chi connectivity index (χ1) is 5.00. The molecule has 0 amide bonds. The summed E-state index contributed by atoms with van der Waals surface area (Å²) in [6.45, 7) is 11.1. The van der Waals surface area contributed by atoms with Crippen molar-refractivity contribution in [3.05, 3.63) is 0 Å². The lowest BCUT2D eigenvalue weighted by Crippen LogP contribution is -2.45. The standard InChI is InChI=1S/C9H22N2/c1-6(2)8(5)9(11-10)7(3)4/h6-9,11H,10H2,1-5H3. The zero-order valence-corrected chi connectivity index (χ0v) is 8.39. The lowest BCUT2D eigenvalue weighted by molar-refractivity contribution is 0.245. The molecule has 0 aromatic heterocycles. The van der Waals surface area contributed by atoms with Crippen LogP contribution in [0.25, 0.3) is 0 Å². The van der Waals surface area contributed by atoms with Gasteiger partial charge in [0.05, 0.1) is 0 Å². The third kappa shape index (κ3) is 3.21. The molecule has 0 rings (SSSR count). The van der Waals surface area contributed by atoms with Crippen LogP contribution in [0.5, 0.6) is 0 Å². The minimum atomic E-state index is 0.440. The van der Waals surface area contributed by atoms with E-state index in [1.807, 2.05) is 0 Å². The first kappa shape index (κ1) is 10.9. The molecule has 0 aliphatic heterocycles. The Morgan fingerprint density at radius 3 is 1.45 bits per heavy atom. The maximum absolute atomic E-state index is 5.46. The van der Waals surface area contributed by atoms with Crippen molar-refractivity contribution in [1.29, 1.82) is 0 Å². The number of nitrogens with two attached hydrogens (primary N) is 1. The van der Waals surface area contributed by atoms with Crippen LogP contribution in [0.15, 0.2) is 0 Å². The molecule has 0 aromatic carbocycles. The van der Waals surface area contributed by atoms with Crippen LogP contribution < -0.4 is 11.3 Å². The third-order valence-corrected chi connectivity index (χ3v) is 2.53. The molecule has 0 saturated heterocycles. The van der Waals surface area contributed by atoms with Crippen molar-refractivity contribution >= 4 is 0 Å². The van der Waals surface area contributed by atoms with Crippen LogP contribution in [0.2, 0.25) is 0 Å². The van der Waals surface area contributed by atoms with Crippen LogP contribution in [0, 0.1) is 17.8 Å². The highest BCUT2D eigenvalue weighted by Crippen LogP contribution is 2.19. The molecule has 0 radical (unpaired) electrons. The molecule has 0 heterocycles. The highest BCUT2D eigenvalue weighted by molar-refractivity contribution is 4.75. The summed E-state index contributed by atoms with van der Waals surface area (Å²) < 4.78 is 0. The lowest BCUT2D eigenvalue weighted by Gasteiger charge is -2.29. The van der Waals surface area contributed by atoms with Gasteiger partial charge in [0.1, 0.15) is 0 Å². The van der Waals surface area contributed by atoms with Crippen molar-refractivity contribution < 1.29 is 0 Å². The van der Waals surface area contributed by atoms with Gasteiger partial charge in [0.25, 0.3) is 0 Å². The van der Waals surface area contributed by atoms with E-state index in [0.29, 0.717) is 23.8 Å². The van der Waals surface area contributed by atoms with Crippen molar-refractivity contribution in [2.45, 2.75) is 40.7 Å². The van der Waals surface area contributed by atoms with Gasteiger partial charge in [-0.1, -0.05) is 34.6 Å². The van der Waals surface area contributed by atoms with Gasteiger partial charge in [0.2, 0.25) is 0 Å². The molecule has 2 nitrogen and oxygen atoms in total. The lowest BCUT2D eigenvalue weighted by atomic mass is 9.85. The van der Waals surface area contributed by atoms with E-state index in [0.717, 1.165) is 0 Å². The fourth-order valence-electron chi connectivity index (χ4n) is 1.37. The Balaban J connectivity index is 4.02. The number of nitrogens with one attached hydrogen (secondary N) is 1. The van der Waals surface area contributed by atoms with E-state index in [1.54, 1.807) is 0 Å². The van der Waals surface area contributed by atoms with E-state index in [2.05, 4.69) is 40.0 Å².